The smallest absolute Gasteiger partial charge is 0.309 e. The van der Waals surface area contributed by atoms with Crippen LogP contribution in [0.4, 0.5) is 5.69 Å². The van der Waals surface area contributed by atoms with Crippen molar-refractivity contribution < 1.29 is 9.59 Å². The van der Waals surface area contributed by atoms with E-state index in [0.717, 1.165) is 51.7 Å². The van der Waals surface area contributed by atoms with Gasteiger partial charge in [-0.1, -0.05) is 31.4 Å². The zero-order valence-corrected chi connectivity index (χ0v) is 17.6. The molecule has 1 atom stereocenters. The molecule has 0 unspecified atom stereocenters. The molecule has 1 aromatic carbocycles. The van der Waals surface area contributed by atoms with E-state index in [1.54, 1.807) is 0 Å². The number of piperidine rings is 1. The summed E-state index contributed by atoms with van der Waals surface area (Å²) >= 11 is 0. The minimum atomic E-state index is -0.500. The largest absolute Gasteiger partial charge is 0.374 e. The molecule has 1 aromatic rings. The first-order valence-electron chi connectivity index (χ1n) is 11.3. The fourth-order valence-electron chi connectivity index (χ4n) is 5.07. The summed E-state index contributed by atoms with van der Waals surface area (Å²) in [4.78, 5) is 29.5. The van der Waals surface area contributed by atoms with Crippen molar-refractivity contribution in [2.75, 3.05) is 38.1 Å². The molecule has 3 aliphatic rings. The molecule has 6 heteroatoms. The molecular weight excluding hydrogens is 364 g/mol. The maximum atomic E-state index is 12.4. The molecule has 2 amide bonds. The van der Waals surface area contributed by atoms with Crippen molar-refractivity contribution in [1.82, 2.24) is 15.5 Å². The van der Waals surface area contributed by atoms with Gasteiger partial charge in [-0.15, -0.1) is 0 Å². The molecule has 1 saturated carbocycles. The summed E-state index contributed by atoms with van der Waals surface area (Å²) in [6.07, 6.45) is 8.98. The lowest BCUT2D eigenvalue weighted by Crippen LogP contribution is -2.47. The lowest BCUT2D eigenvalue weighted by molar-refractivity contribution is -0.139. The number of likely N-dealkylation sites (N-methyl/N-ethyl adjacent to an activating group) is 1. The number of carbonyl (C=O) groups excluding carboxylic acids is 2. The third-order valence-corrected chi connectivity index (χ3v) is 6.80. The Hall–Kier alpha value is -2.08. The Bertz CT molecular complexity index is 738. The molecule has 0 aromatic heterocycles. The zero-order valence-electron chi connectivity index (χ0n) is 17.6. The molecule has 2 fully saturated rings. The maximum absolute atomic E-state index is 12.4. The van der Waals surface area contributed by atoms with Crippen LogP contribution in [0.15, 0.2) is 18.2 Å². The van der Waals surface area contributed by atoms with E-state index < -0.39 is 11.8 Å². The highest BCUT2D eigenvalue weighted by atomic mass is 16.2. The minimum Gasteiger partial charge on any atom is -0.374 e. The third kappa shape index (κ3) is 4.74. The van der Waals surface area contributed by atoms with Gasteiger partial charge in [-0.25, -0.2) is 0 Å². The van der Waals surface area contributed by atoms with Crippen molar-refractivity contribution in [2.24, 2.45) is 0 Å². The van der Waals surface area contributed by atoms with Crippen molar-refractivity contribution in [1.29, 1.82) is 0 Å². The monoisotopic (exact) mass is 398 g/mol. The van der Waals surface area contributed by atoms with E-state index in [9.17, 15) is 9.59 Å². The highest BCUT2D eigenvalue weighted by molar-refractivity contribution is 6.35. The minimum absolute atomic E-state index is 0.120. The summed E-state index contributed by atoms with van der Waals surface area (Å²) < 4.78 is 0. The number of rotatable bonds is 5. The molecule has 6 nitrogen and oxygen atoms in total. The molecule has 2 heterocycles. The second-order valence-corrected chi connectivity index (χ2v) is 8.84. The number of fused-ring (bicyclic) bond motifs is 1. The number of benzene rings is 1. The van der Waals surface area contributed by atoms with Gasteiger partial charge in [0.2, 0.25) is 0 Å². The summed E-state index contributed by atoms with van der Waals surface area (Å²) in [5.41, 5.74) is 3.95. The van der Waals surface area contributed by atoms with Crippen LogP contribution in [-0.2, 0) is 16.0 Å². The van der Waals surface area contributed by atoms with Gasteiger partial charge < -0.3 is 15.5 Å². The Morgan fingerprint density at radius 3 is 2.55 bits per heavy atom. The summed E-state index contributed by atoms with van der Waals surface area (Å²) in [5.74, 6) is -0.982. The van der Waals surface area contributed by atoms with E-state index in [1.807, 2.05) is 0 Å². The van der Waals surface area contributed by atoms with Crippen LogP contribution in [0.25, 0.3) is 0 Å². The Morgan fingerprint density at radius 1 is 1.03 bits per heavy atom. The lowest BCUT2D eigenvalue weighted by Gasteiger charge is -2.35. The average Bonchev–Trinajstić information content (AvgIpc) is 3.38. The van der Waals surface area contributed by atoms with Gasteiger partial charge in [-0.05, 0) is 62.4 Å². The molecule has 0 bridgehead atoms. The standard InChI is InChI=1S/C23H34N4O2/c1-26-14-11-18-15-17(9-10-20(18)26)21(27-12-5-2-6-13-27)16-24-22(28)23(29)25-19-7-3-4-8-19/h9-10,15,19,21H,2-8,11-14,16H2,1H3,(H,24,28)(H,25,29)/t21-/m1/s1. The molecule has 0 radical (unpaired) electrons. The van der Waals surface area contributed by atoms with Crippen molar-refractivity contribution in [3.63, 3.8) is 0 Å². The van der Waals surface area contributed by atoms with Crippen LogP contribution in [0, 0.1) is 0 Å². The first-order chi connectivity index (χ1) is 14.1. The van der Waals surface area contributed by atoms with Crippen LogP contribution < -0.4 is 15.5 Å². The Labute approximate surface area is 174 Å². The predicted molar refractivity (Wildman–Crippen MR) is 115 cm³/mol. The highest BCUT2D eigenvalue weighted by Crippen LogP contribution is 2.32. The molecule has 4 rings (SSSR count). The summed E-state index contributed by atoms with van der Waals surface area (Å²) in [6.45, 7) is 3.63. The average molecular weight is 399 g/mol. The number of nitrogens with one attached hydrogen (secondary N) is 2. The van der Waals surface area contributed by atoms with Crippen molar-refractivity contribution in [3.8, 4) is 0 Å². The quantitative estimate of drug-likeness (QED) is 0.748. The molecule has 0 spiro atoms. The van der Waals surface area contributed by atoms with Gasteiger partial charge in [0.15, 0.2) is 0 Å². The fourth-order valence-corrected chi connectivity index (χ4v) is 5.07. The van der Waals surface area contributed by atoms with Gasteiger partial charge in [0.1, 0.15) is 0 Å². The van der Waals surface area contributed by atoms with Crippen molar-refractivity contribution in [3.05, 3.63) is 29.3 Å². The van der Waals surface area contributed by atoms with E-state index >= 15 is 0 Å². The van der Waals surface area contributed by atoms with Crippen LogP contribution in [0.1, 0.15) is 62.1 Å². The zero-order chi connectivity index (χ0) is 20.2. The number of carbonyl (C=O) groups is 2. The second kappa shape index (κ2) is 9.16. The Balaban J connectivity index is 1.43. The van der Waals surface area contributed by atoms with Crippen molar-refractivity contribution >= 4 is 17.5 Å². The first kappa shape index (κ1) is 20.2. The summed E-state index contributed by atoms with van der Waals surface area (Å²) in [7, 11) is 2.14. The number of nitrogens with zero attached hydrogens (tertiary/aromatic N) is 2. The van der Waals surface area contributed by atoms with Crippen molar-refractivity contribution in [2.45, 2.75) is 63.5 Å². The van der Waals surface area contributed by atoms with Crippen LogP contribution in [0.2, 0.25) is 0 Å². The maximum Gasteiger partial charge on any atom is 0.309 e. The van der Waals surface area contributed by atoms with Gasteiger partial charge in [0, 0.05) is 31.9 Å². The molecule has 2 aliphatic heterocycles. The Kier molecular flexibility index (Phi) is 6.38. The molecule has 1 aliphatic carbocycles. The van der Waals surface area contributed by atoms with Gasteiger partial charge in [-0.2, -0.15) is 0 Å². The summed E-state index contributed by atoms with van der Waals surface area (Å²) in [5, 5.41) is 5.82. The van der Waals surface area contributed by atoms with E-state index in [4.69, 9.17) is 0 Å². The third-order valence-electron chi connectivity index (χ3n) is 6.80. The number of amides is 2. The van der Waals surface area contributed by atoms with Crippen LogP contribution in [0.3, 0.4) is 0 Å². The van der Waals surface area contributed by atoms with E-state index in [1.165, 1.54) is 36.1 Å². The van der Waals surface area contributed by atoms with Gasteiger partial charge >= 0.3 is 11.8 Å². The SMILES string of the molecule is CN1CCc2cc([C@@H](CNC(=O)C(=O)NC3CCCC3)N3CCCCC3)ccc21. The number of anilines is 1. The second-order valence-electron chi connectivity index (χ2n) is 8.84. The van der Waals surface area contributed by atoms with Gasteiger partial charge in [0.05, 0.1) is 6.04 Å². The van der Waals surface area contributed by atoms with E-state index in [-0.39, 0.29) is 12.1 Å². The topological polar surface area (TPSA) is 64.7 Å². The molecule has 158 valence electrons. The number of hydrogen-bond acceptors (Lipinski definition) is 4. The van der Waals surface area contributed by atoms with Crippen LogP contribution >= 0.6 is 0 Å². The first-order valence-corrected chi connectivity index (χ1v) is 11.3. The lowest BCUT2D eigenvalue weighted by atomic mass is 9.98. The predicted octanol–water partition coefficient (Wildman–Crippen LogP) is 2.38. The molecule has 2 N–H and O–H groups in total. The Morgan fingerprint density at radius 2 is 1.79 bits per heavy atom. The van der Waals surface area contributed by atoms with Crippen LogP contribution in [0.5, 0.6) is 0 Å². The number of hydrogen-bond donors (Lipinski definition) is 2. The summed E-state index contributed by atoms with van der Waals surface area (Å²) in [6, 6.07) is 7.01. The van der Waals surface area contributed by atoms with Gasteiger partial charge in [0.25, 0.3) is 0 Å². The molecule has 1 saturated heterocycles. The fraction of sp³-hybridized carbons (Fsp3) is 0.652. The molecule has 29 heavy (non-hydrogen) atoms. The molecular formula is C23H34N4O2. The van der Waals surface area contributed by atoms with E-state index in [0.29, 0.717) is 6.54 Å². The van der Waals surface area contributed by atoms with Gasteiger partial charge in [-0.3, -0.25) is 14.5 Å². The highest BCUT2D eigenvalue weighted by Gasteiger charge is 2.27. The van der Waals surface area contributed by atoms with E-state index in [2.05, 4.69) is 45.7 Å². The normalized spacial score (nSPS) is 21.1. The van der Waals surface area contributed by atoms with Crippen LogP contribution in [-0.4, -0.2) is 56.0 Å². The number of likely N-dealkylation sites (tertiary alicyclic amines) is 1.